The molecule has 1 saturated heterocycles. The van der Waals surface area contributed by atoms with Gasteiger partial charge >= 0.3 is 6.03 Å². The highest BCUT2D eigenvalue weighted by Gasteiger charge is 2.22. The summed E-state index contributed by atoms with van der Waals surface area (Å²) >= 11 is 0. The molecule has 3 heterocycles. The predicted octanol–water partition coefficient (Wildman–Crippen LogP) is 1.97. The lowest BCUT2D eigenvalue weighted by Gasteiger charge is -2.32. The van der Waals surface area contributed by atoms with Crippen LogP contribution in [0.1, 0.15) is 32.3 Å². The van der Waals surface area contributed by atoms with E-state index in [-0.39, 0.29) is 6.03 Å². The number of hydrogen-bond acceptors (Lipinski definition) is 4. The molecule has 3 N–H and O–H groups in total. The van der Waals surface area contributed by atoms with E-state index >= 15 is 0 Å². The number of amides is 2. The first-order valence-electron chi connectivity index (χ1n) is 8.28. The van der Waals surface area contributed by atoms with Crippen molar-refractivity contribution >= 4 is 22.8 Å². The van der Waals surface area contributed by atoms with E-state index in [0.29, 0.717) is 19.1 Å². The Kier molecular flexibility index (Phi) is 4.36. The molecule has 3 rings (SSSR count). The van der Waals surface area contributed by atoms with Crippen LogP contribution in [-0.4, -0.2) is 44.8 Å². The molecule has 2 aromatic rings. The lowest BCUT2D eigenvalue weighted by molar-refractivity contribution is 0.193. The Morgan fingerprint density at radius 3 is 2.70 bits per heavy atom. The van der Waals surface area contributed by atoms with Crippen molar-refractivity contribution < 1.29 is 4.79 Å². The number of piperidine rings is 1. The van der Waals surface area contributed by atoms with E-state index in [4.69, 9.17) is 5.73 Å². The second kappa shape index (κ2) is 6.44. The van der Waals surface area contributed by atoms with Crippen molar-refractivity contribution in [3.8, 4) is 0 Å². The van der Waals surface area contributed by atoms with Crippen LogP contribution in [0, 0.1) is 0 Å². The van der Waals surface area contributed by atoms with Gasteiger partial charge in [-0.25, -0.2) is 14.5 Å². The Bertz CT molecular complexity index is 702. The zero-order chi connectivity index (χ0) is 16.4. The van der Waals surface area contributed by atoms with Crippen molar-refractivity contribution in [2.24, 2.45) is 5.73 Å². The highest BCUT2D eigenvalue weighted by Crippen LogP contribution is 2.28. The first-order valence-corrected chi connectivity index (χ1v) is 8.28. The Balaban J connectivity index is 1.84. The fourth-order valence-corrected chi connectivity index (χ4v) is 3.19. The average Bonchev–Trinajstić information content (AvgIpc) is 2.99. The van der Waals surface area contributed by atoms with Crippen LogP contribution in [0.3, 0.4) is 0 Å². The molecular weight excluding hydrogens is 292 g/mol. The Labute approximate surface area is 135 Å². The number of anilines is 1. The Hall–Kier alpha value is -2.31. The number of carbonyl (C=O) groups excluding carboxylic acids is 1. The summed E-state index contributed by atoms with van der Waals surface area (Å²) < 4.78 is 1.91. The third kappa shape index (κ3) is 2.95. The Morgan fingerprint density at radius 2 is 2.09 bits per heavy atom. The van der Waals surface area contributed by atoms with Gasteiger partial charge in [-0.1, -0.05) is 6.92 Å². The second-order valence-electron chi connectivity index (χ2n) is 5.95. The minimum Gasteiger partial charge on any atom is -0.381 e. The molecule has 2 amide bonds. The van der Waals surface area contributed by atoms with E-state index in [1.54, 1.807) is 4.90 Å². The molecule has 1 fully saturated rings. The summed E-state index contributed by atoms with van der Waals surface area (Å²) in [5.74, 6) is 0. The number of hydrogen-bond donors (Lipinski definition) is 2. The first-order chi connectivity index (χ1) is 11.1. The zero-order valence-electron chi connectivity index (χ0n) is 13.7. The van der Waals surface area contributed by atoms with Gasteiger partial charge in [0.05, 0.1) is 17.3 Å². The van der Waals surface area contributed by atoms with Gasteiger partial charge in [0.25, 0.3) is 0 Å². The van der Waals surface area contributed by atoms with Crippen molar-refractivity contribution in [2.75, 3.05) is 18.4 Å². The molecule has 0 saturated carbocycles. The van der Waals surface area contributed by atoms with Gasteiger partial charge in [-0.15, -0.1) is 0 Å². The number of carbonyl (C=O) groups is 1. The summed E-state index contributed by atoms with van der Waals surface area (Å²) in [6.45, 7) is 6.41. The standard InChI is InChI=1S/C16H24N6O/c1-3-11-9-18-15-13(10-19-22(15)4-2)14(11)20-12-5-7-21(8-6-12)16(17)23/h9-10,12H,3-8H2,1-2H3,(H2,17,23)(H,18,20). The second-order valence-corrected chi connectivity index (χ2v) is 5.95. The van der Waals surface area contributed by atoms with E-state index in [1.807, 2.05) is 17.1 Å². The quantitative estimate of drug-likeness (QED) is 0.902. The van der Waals surface area contributed by atoms with Crippen molar-refractivity contribution in [1.82, 2.24) is 19.7 Å². The summed E-state index contributed by atoms with van der Waals surface area (Å²) in [5.41, 5.74) is 8.60. The monoisotopic (exact) mass is 316 g/mol. The number of aromatic nitrogens is 3. The van der Waals surface area contributed by atoms with Gasteiger partial charge in [0, 0.05) is 31.9 Å². The minimum absolute atomic E-state index is 0.326. The molecule has 23 heavy (non-hydrogen) atoms. The molecule has 0 spiro atoms. The molecule has 1 aliphatic heterocycles. The van der Waals surface area contributed by atoms with Gasteiger partial charge in [0.1, 0.15) is 0 Å². The molecule has 2 aromatic heterocycles. The number of rotatable bonds is 4. The molecule has 0 atom stereocenters. The summed E-state index contributed by atoms with van der Waals surface area (Å²) in [7, 11) is 0. The van der Waals surface area contributed by atoms with Crippen LogP contribution in [0.5, 0.6) is 0 Å². The summed E-state index contributed by atoms with van der Waals surface area (Å²) in [5, 5.41) is 9.16. The zero-order valence-corrected chi connectivity index (χ0v) is 13.7. The molecule has 1 aliphatic rings. The number of pyridine rings is 1. The number of primary amides is 1. The lowest BCUT2D eigenvalue weighted by Crippen LogP contribution is -2.44. The van der Waals surface area contributed by atoms with E-state index in [2.05, 4.69) is 29.2 Å². The average molecular weight is 316 g/mol. The number of nitrogens with zero attached hydrogens (tertiary/aromatic N) is 4. The topological polar surface area (TPSA) is 89.1 Å². The fourth-order valence-electron chi connectivity index (χ4n) is 3.19. The SMILES string of the molecule is CCc1cnc2c(cnn2CC)c1NC1CCN(C(N)=O)CC1. The van der Waals surface area contributed by atoms with E-state index in [9.17, 15) is 4.79 Å². The maximum absolute atomic E-state index is 11.2. The van der Waals surface area contributed by atoms with Gasteiger partial charge < -0.3 is 16.0 Å². The molecular formula is C16H24N6O. The number of likely N-dealkylation sites (tertiary alicyclic amines) is 1. The van der Waals surface area contributed by atoms with Crippen LogP contribution < -0.4 is 11.1 Å². The number of aryl methyl sites for hydroxylation is 2. The molecule has 7 heteroatoms. The maximum Gasteiger partial charge on any atom is 0.314 e. The third-order valence-electron chi connectivity index (χ3n) is 4.58. The lowest BCUT2D eigenvalue weighted by atomic mass is 10.0. The third-order valence-corrected chi connectivity index (χ3v) is 4.58. The number of fused-ring (bicyclic) bond motifs is 1. The molecule has 0 bridgehead atoms. The van der Waals surface area contributed by atoms with E-state index < -0.39 is 0 Å². The van der Waals surface area contributed by atoms with Crippen LogP contribution in [0.15, 0.2) is 12.4 Å². The smallest absolute Gasteiger partial charge is 0.314 e. The molecule has 7 nitrogen and oxygen atoms in total. The Morgan fingerprint density at radius 1 is 1.35 bits per heavy atom. The van der Waals surface area contributed by atoms with Crippen LogP contribution >= 0.6 is 0 Å². The molecule has 0 aromatic carbocycles. The summed E-state index contributed by atoms with van der Waals surface area (Å²) in [4.78, 5) is 17.5. The first kappa shape index (κ1) is 15.6. The summed E-state index contributed by atoms with van der Waals surface area (Å²) in [6.07, 6.45) is 6.56. The van der Waals surface area contributed by atoms with Crippen molar-refractivity contribution in [3.05, 3.63) is 18.0 Å². The van der Waals surface area contributed by atoms with E-state index in [1.165, 1.54) is 5.56 Å². The van der Waals surface area contributed by atoms with E-state index in [0.717, 1.165) is 42.5 Å². The highest BCUT2D eigenvalue weighted by atomic mass is 16.2. The maximum atomic E-state index is 11.2. The summed E-state index contributed by atoms with van der Waals surface area (Å²) in [6, 6.07) is 0.0136. The number of nitrogens with one attached hydrogen (secondary N) is 1. The van der Waals surface area contributed by atoms with Crippen LogP contribution in [0.2, 0.25) is 0 Å². The fraction of sp³-hybridized carbons (Fsp3) is 0.562. The highest BCUT2D eigenvalue weighted by molar-refractivity contribution is 5.90. The molecule has 0 radical (unpaired) electrons. The normalized spacial score (nSPS) is 16.0. The molecule has 124 valence electrons. The number of urea groups is 1. The van der Waals surface area contributed by atoms with Gasteiger partial charge in [-0.3, -0.25) is 0 Å². The predicted molar refractivity (Wildman–Crippen MR) is 90.4 cm³/mol. The van der Waals surface area contributed by atoms with Gasteiger partial charge in [-0.05, 0) is 31.7 Å². The van der Waals surface area contributed by atoms with Gasteiger partial charge in [-0.2, -0.15) is 5.10 Å². The van der Waals surface area contributed by atoms with Crippen LogP contribution in [0.25, 0.3) is 11.0 Å². The van der Waals surface area contributed by atoms with Crippen LogP contribution in [0.4, 0.5) is 10.5 Å². The van der Waals surface area contributed by atoms with Crippen LogP contribution in [-0.2, 0) is 13.0 Å². The molecule has 0 unspecified atom stereocenters. The largest absolute Gasteiger partial charge is 0.381 e. The van der Waals surface area contributed by atoms with Gasteiger partial charge in [0.2, 0.25) is 0 Å². The minimum atomic E-state index is -0.326. The van der Waals surface area contributed by atoms with Crippen molar-refractivity contribution in [3.63, 3.8) is 0 Å². The molecule has 0 aliphatic carbocycles. The number of nitrogens with two attached hydrogens (primary N) is 1. The van der Waals surface area contributed by atoms with Gasteiger partial charge in [0.15, 0.2) is 5.65 Å². The van der Waals surface area contributed by atoms with Crippen molar-refractivity contribution in [1.29, 1.82) is 0 Å². The van der Waals surface area contributed by atoms with Crippen molar-refractivity contribution in [2.45, 2.75) is 45.7 Å².